The number of nitriles is 1. The molecule has 1 aromatic carbocycles. The number of nitrogens with one attached hydrogen (secondary N) is 2. The van der Waals surface area contributed by atoms with Crippen molar-refractivity contribution < 1.29 is 18.4 Å². The number of rotatable bonds is 8. The number of hydrogen-bond donors (Lipinski definition) is 3. The first-order chi connectivity index (χ1) is 17.7. The van der Waals surface area contributed by atoms with E-state index in [1.54, 1.807) is 6.92 Å². The summed E-state index contributed by atoms with van der Waals surface area (Å²) < 4.78 is 28.2. The molecule has 4 N–H and O–H groups in total. The van der Waals surface area contributed by atoms with Crippen LogP contribution in [0.2, 0.25) is 0 Å². The molecule has 190 valence electrons. The van der Waals surface area contributed by atoms with E-state index in [1.807, 2.05) is 6.07 Å². The minimum absolute atomic E-state index is 0.0790. The molecule has 0 fully saturated rings. The molecule has 3 aromatic rings. The first kappa shape index (κ1) is 25.1. The number of halogens is 2. The number of hydrazone groups is 1. The average molecular weight is 509 g/mol. The normalized spacial score (nSPS) is 14.4. The van der Waals surface area contributed by atoms with Gasteiger partial charge in [0.1, 0.15) is 23.7 Å². The molecule has 15 heteroatoms. The van der Waals surface area contributed by atoms with E-state index in [9.17, 15) is 18.4 Å². The molecule has 1 aliphatic heterocycles. The summed E-state index contributed by atoms with van der Waals surface area (Å²) in [6.45, 7) is 1.64. The van der Waals surface area contributed by atoms with Crippen LogP contribution in [0.15, 0.2) is 29.5 Å². The summed E-state index contributed by atoms with van der Waals surface area (Å²) in [6.07, 6.45) is 2.87. The van der Waals surface area contributed by atoms with Crippen LogP contribution in [0, 0.1) is 29.9 Å². The molecule has 13 nitrogen and oxygen atoms in total. The predicted octanol–water partition coefficient (Wildman–Crippen LogP) is 1.23. The quantitative estimate of drug-likeness (QED) is 0.379. The lowest BCUT2D eigenvalue weighted by Crippen LogP contribution is -2.39. The first-order valence-corrected chi connectivity index (χ1v) is 11.0. The maximum Gasteiger partial charge on any atom is 0.338 e. The number of carbonyl (C=O) groups is 2. The molecule has 0 aliphatic carbocycles. The Morgan fingerprint density at radius 1 is 1.22 bits per heavy atom. The van der Waals surface area contributed by atoms with Gasteiger partial charge in [0.15, 0.2) is 5.82 Å². The largest absolute Gasteiger partial charge is 0.368 e. The van der Waals surface area contributed by atoms with Gasteiger partial charge in [0.05, 0.1) is 29.6 Å². The lowest BCUT2D eigenvalue weighted by Gasteiger charge is -2.22. The van der Waals surface area contributed by atoms with Gasteiger partial charge in [-0.1, -0.05) is 0 Å². The van der Waals surface area contributed by atoms with E-state index in [-0.39, 0.29) is 42.5 Å². The van der Waals surface area contributed by atoms with Crippen molar-refractivity contribution in [3.8, 4) is 17.5 Å². The molecular formula is C22H21F2N11O2. The molecule has 1 aliphatic rings. The standard InChI is InChI=1S/C22H21F2N11O2/c1-12-19(33-34(32-12)11-18(26)36)20-16(24)10-29-21(31-20)27-4-5-28-22(37)35-17(2-3-30-35)14-6-13(9-25)7-15(23)8-14/h3,6-8,10,17H,2,4-5,11H2,1H3,(H2,26,36)(H,28,37)(H,27,29,31)/t17-/m0/s1. The molecule has 0 unspecified atom stereocenters. The van der Waals surface area contributed by atoms with Gasteiger partial charge < -0.3 is 16.4 Å². The predicted molar refractivity (Wildman–Crippen MR) is 126 cm³/mol. The SMILES string of the molecule is Cc1nn(CC(N)=O)nc1-c1nc(NCCNC(=O)N2N=CC[C@H]2c2cc(F)cc(C#N)c2)ncc1F. The first-order valence-electron chi connectivity index (χ1n) is 11.0. The summed E-state index contributed by atoms with van der Waals surface area (Å²) in [4.78, 5) is 32.8. The van der Waals surface area contributed by atoms with Gasteiger partial charge in [-0.15, -0.1) is 0 Å². The van der Waals surface area contributed by atoms with E-state index in [0.29, 0.717) is 17.7 Å². The van der Waals surface area contributed by atoms with Gasteiger partial charge in [-0.2, -0.15) is 25.4 Å². The number of amides is 3. The second-order valence-corrected chi connectivity index (χ2v) is 7.96. The van der Waals surface area contributed by atoms with Crippen LogP contribution in [0.1, 0.15) is 29.3 Å². The minimum atomic E-state index is -0.733. The topological polar surface area (TPSA) is 180 Å². The van der Waals surface area contributed by atoms with Gasteiger partial charge in [0.2, 0.25) is 11.9 Å². The van der Waals surface area contributed by atoms with Crippen molar-refractivity contribution in [2.24, 2.45) is 10.8 Å². The van der Waals surface area contributed by atoms with Crippen LogP contribution in [-0.4, -0.2) is 61.2 Å². The van der Waals surface area contributed by atoms with Crippen LogP contribution >= 0.6 is 0 Å². The third-order valence-corrected chi connectivity index (χ3v) is 5.25. The Morgan fingerprint density at radius 2 is 2.03 bits per heavy atom. The Balaban J connectivity index is 1.36. The molecule has 1 atom stereocenters. The second kappa shape index (κ2) is 10.7. The average Bonchev–Trinajstić information content (AvgIpc) is 3.48. The number of carbonyl (C=O) groups excluding carboxylic acids is 2. The monoisotopic (exact) mass is 509 g/mol. The zero-order valence-corrected chi connectivity index (χ0v) is 19.5. The molecule has 2 aromatic heterocycles. The molecular weight excluding hydrogens is 488 g/mol. The van der Waals surface area contributed by atoms with Gasteiger partial charge in [-0.05, 0) is 30.7 Å². The van der Waals surface area contributed by atoms with Gasteiger partial charge in [0.25, 0.3) is 0 Å². The maximum atomic E-state index is 14.4. The summed E-state index contributed by atoms with van der Waals surface area (Å²) in [5.41, 5.74) is 6.11. The van der Waals surface area contributed by atoms with Crippen LogP contribution < -0.4 is 16.4 Å². The van der Waals surface area contributed by atoms with E-state index in [0.717, 1.165) is 17.1 Å². The molecule has 0 bridgehead atoms. The zero-order valence-electron chi connectivity index (χ0n) is 19.5. The van der Waals surface area contributed by atoms with Crippen LogP contribution in [0.5, 0.6) is 0 Å². The van der Waals surface area contributed by atoms with Crippen LogP contribution in [-0.2, 0) is 11.3 Å². The van der Waals surface area contributed by atoms with Crippen molar-refractivity contribution in [1.29, 1.82) is 5.26 Å². The lowest BCUT2D eigenvalue weighted by molar-refractivity contribution is -0.118. The summed E-state index contributed by atoms with van der Waals surface area (Å²) in [5.74, 6) is -1.88. The highest BCUT2D eigenvalue weighted by atomic mass is 19.1. The highest BCUT2D eigenvalue weighted by molar-refractivity contribution is 5.78. The number of urea groups is 1. The number of hydrogen-bond acceptors (Lipinski definition) is 9. The molecule has 37 heavy (non-hydrogen) atoms. The van der Waals surface area contributed by atoms with E-state index in [1.165, 1.54) is 23.4 Å². The van der Waals surface area contributed by atoms with Gasteiger partial charge >= 0.3 is 6.03 Å². The highest BCUT2D eigenvalue weighted by Crippen LogP contribution is 2.29. The van der Waals surface area contributed by atoms with Crippen molar-refractivity contribution in [1.82, 2.24) is 35.3 Å². The molecule has 0 spiro atoms. The number of nitrogens with zero attached hydrogens (tertiary/aromatic N) is 8. The van der Waals surface area contributed by atoms with E-state index in [2.05, 4.69) is 35.9 Å². The minimum Gasteiger partial charge on any atom is -0.368 e. The fourth-order valence-corrected chi connectivity index (χ4v) is 3.66. The van der Waals surface area contributed by atoms with Gasteiger partial charge in [0, 0.05) is 25.7 Å². The summed E-state index contributed by atoms with van der Waals surface area (Å²) in [5, 5.41) is 28.0. The Hall–Kier alpha value is -5.00. The molecule has 0 saturated heterocycles. The van der Waals surface area contributed by atoms with Crippen LogP contribution in [0.25, 0.3) is 11.4 Å². The molecule has 3 heterocycles. The molecule has 3 amide bonds. The van der Waals surface area contributed by atoms with Crippen LogP contribution in [0.4, 0.5) is 19.5 Å². The zero-order chi connectivity index (χ0) is 26.5. The Labute approximate surface area is 209 Å². The van der Waals surface area contributed by atoms with E-state index in [4.69, 9.17) is 11.0 Å². The Morgan fingerprint density at radius 3 is 2.78 bits per heavy atom. The van der Waals surface area contributed by atoms with E-state index < -0.39 is 29.6 Å². The lowest BCUT2D eigenvalue weighted by atomic mass is 10.0. The van der Waals surface area contributed by atoms with Crippen molar-refractivity contribution in [2.75, 3.05) is 18.4 Å². The third-order valence-electron chi connectivity index (χ3n) is 5.25. The fourth-order valence-electron chi connectivity index (χ4n) is 3.66. The number of primary amides is 1. The van der Waals surface area contributed by atoms with Crippen molar-refractivity contribution in [2.45, 2.75) is 25.9 Å². The van der Waals surface area contributed by atoms with Crippen LogP contribution in [0.3, 0.4) is 0 Å². The summed E-state index contributed by atoms with van der Waals surface area (Å²) in [7, 11) is 0. The number of aryl methyl sites for hydroxylation is 1. The van der Waals surface area contributed by atoms with Crippen molar-refractivity contribution in [3.05, 3.63) is 52.9 Å². The second-order valence-electron chi connectivity index (χ2n) is 7.96. The number of anilines is 1. The molecule has 4 rings (SSSR count). The summed E-state index contributed by atoms with van der Waals surface area (Å²) in [6, 6.07) is 4.71. The Kier molecular flexibility index (Phi) is 7.28. The highest BCUT2D eigenvalue weighted by Gasteiger charge is 2.28. The maximum absolute atomic E-state index is 14.4. The van der Waals surface area contributed by atoms with E-state index >= 15 is 0 Å². The number of nitrogens with two attached hydrogens (primary N) is 1. The number of benzene rings is 1. The molecule has 0 saturated carbocycles. The van der Waals surface area contributed by atoms with Crippen molar-refractivity contribution in [3.63, 3.8) is 0 Å². The third kappa shape index (κ3) is 5.81. The number of aromatic nitrogens is 5. The van der Waals surface area contributed by atoms with Gasteiger partial charge in [-0.25, -0.2) is 28.6 Å². The Bertz CT molecular complexity index is 1420. The van der Waals surface area contributed by atoms with Gasteiger partial charge in [-0.3, -0.25) is 4.79 Å². The smallest absolute Gasteiger partial charge is 0.338 e. The fraction of sp³-hybridized carbons (Fsp3) is 0.273. The summed E-state index contributed by atoms with van der Waals surface area (Å²) >= 11 is 0. The molecule has 0 radical (unpaired) electrons. The van der Waals surface area contributed by atoms with Crippen molar-refractivity contribution >= 4 is 24.1 Å².